The molecule has 5 nitrogen and oxygen atoms in total. The number of aliphatic hydroxyl groups excluding tert-OH is 1. The third-order valence-electron chi connectivity index (χ3n) is 4.41. The lowest BCUT2D eigenvalue weighted by atomic mass is 10.1. The Labute approximate surface area is 178 Å². The molecule has 0 aliphatic heterocycles. The molecule has 150 valence electrons. The number of furan rings is 2. The molecule has 0 aliphatic carbocycles. The molecule has 0 unspecified atom stereocenters. The third kappa shape index (κ3) is 4.54. The summed E-state index contributed by atoms with van der Waals surface area (Å²) in [6.45, 7) is -0.180. The van der Waals surface area contributed by atoms with Gasteiger partial charge in [0.25, 0.3) is 0 Å². The van der Waals surface area contributed by atoms with Crippen LogP contribution in [0.4, 0.5) is 5.69 Å². The molecule has 0 spiro atoms. The number of amides is 1. The van der Waals surface area contributed by atoms with Gasteiger partial charge in [0.15, 0.2) is 0 Å². The highest BCUT2D eigenvalue weighted by molar-refractivity contribution is 6.34. The molecule has 0 fully saturated rings. The molecule has 0 radical (unpaired) electrons. The van der Waals surface area contributed by atoms with Crippen molar-refractivity contribution in [1.29, 1.82) is 0 Å². The van der Waals surface area contributed by atoms with Gasteiger partial charge in [-0.3, -0.25) is 4.79 Å². The second kappa shape index (κ2) is 8.86. The molecular weight excluding hydrogens is 402 g/mol. The molecule has 0 atom stereocenters. The first-order valence-electron chi connectivity index (χ1n) is 9.26. The summed E-state index contributed by atoms with van der Waals surface area (Å²) < 4.78 is 11.3. The molecular formula is C24H18ClNO4. The van der Waals surface area contributed by atoms with Gasteiger partial charge in [-0.15, -0.1) is 0 Å². The molecule has 0 saturated heterocycles. The molecule has 1 amide bonds. The van der Waals surface area contributed by atoms with Crippen LogP contribution in [0.15, 0.2) is 87.7 Å². The van der Waals surface area contributed by atoms with Crippen molar-refractivity contribution in [3.63, 3.8) is 0 Å². The van der Waals surface area contributed by atoms with Crippen LogP contribution < -0.4 is 5.32 Å². The molecule has 2 aromatic carbocycles. The molecule has 4 aromatic rings. The van der Waals surface area contributed by atoms with E-state index in [1.165, 1.54) is 6.08 Å². The Bertz CT molecular complexity index is 1190. The van der Waals surface area contributed by atoms with Gasteiger partial charge in [0.05, 0.1) is 10.7 Å². The van der Waals surface area contributed by atoms with Gasteiger partial charge in [-0.1, -0.05) is 41.9 Å². The average Bonchev–Trinajstić information content (AvgIpc) is 3.44. The predicted molar refractivity (Wildman–Crippen MR) is 117 cm³/mol. The van der Waals surface area contributed by atoms with E-state index in [0.29, 0.717) is 28.0 Å². The van der Waals surface area contributed by atoms with Gasteiger partial charge in [-0.25, -0.2) is 0 Å². The van der Waals surface area contributed by atoms with Crippen LogP contribution in [0.1, 0.15) is 11.5 Å². The zero-order valence-corrected chi connectivity index (χ0v) is 16.6. The highest BCUT2D eigenvalue weighted by Crippen LogP contribution is 2.30. The fraction of sp³-hybridized carbons (Fsp3) is 0.0417. The summed E-state index contributed by atoms with van der Waals surface area (Å²) >= 11 is 6.22. The quantitative estimate of drug-likeness (QED) is 0.375. The molecule has 2 aromatic heterocycles. The Morgan fingerprint density at radius 2 is 1.70 bits per heavy atom. The van der Waals surface area contributed by atoms with Crippen molar-refractivity contribution in [2.24, 2.45) is 0 Å². The van der Waals surface area contributed by atoms with Crippen molar-refractivity contribution < 1.29 is 18.7 Å². The van der Waals surface area contributed by atoms with E-state index in [9.17, 15) is 4.79 Å². The lowest BCUT2D eigenvalue weighted by Gasteiger charge is -2.07. The van der Waals surface area contributed by atoms with Crippen LogP contribution in [-0.2, 0) is 11.4 Å². The van der Waals surface area contributed by atoms with E-state index in [1.54, 1.807) is 42.5 Å². The van der Waals surface area contributed by atoms with E-state index in [2.05, 4.69) is 5.32 Å². The van der Waals surface area contributed by atoms with Crippen molar-refractivity contribution in [3.05, 3.63) is 95.4 Å². The van der Waals surface area contributed by atoms with E-state index < -0.39 is 0 Å². The number of carbonyl (C=O) groups is 1. The van der Waals surface area contributed by atoms with E-state index in [0.717, 1.165) is 16.9 Å². The molecule has 0 aliphatic rings. The largest absolute Gasteiger partial charge is 0.459 e. The number of hydrogen-bond acceptors (Lipinski definition) is 4. The van der Waals surface area contributed by atoms with E-state index in [1.807, 2.05) is 36.4 Å². The highest BCUT2D eigenvalue weighted by atomic mass is 35.5. The fourth-order valence-corrected chi connectivity index (χ4v) is 3.09. The third-order valence-corrected chi connectivity index (χ3v) is 4.74. The number of aliphatic hydroxyl groups is 1. The summed E-state index contributed by atoms with van der Waals surface area (Å²) in [4.78, 5) is 12.4. The van der Waals surface area contributed by atoms with Crippen molar-refractivity contribution in [1.82, 2.24) is 0 Å². The smallest absolute Gasteiger partial charge is 0.248 e. The number of benzene rings is 2. The van der Waals surface area contributed by atoms with Gasteiger partial charge >= 0.3 is 0 Å². The van der Waals surface area contributed by atoms with Gasteiger partial charge in [0.1, 0.15) is 29.6 Å². The molecule has 0 saturated carbocycles. The first-order chi connectivity index (χ1) is 14.6. The minimum Gasteiger partial charge on any atom is -0.459 e. The van der Waals surface area contributed by atoms with Gasteiger partial charge in [0, 0.05) is 17.2 Å². The summed E-state index contributed by atoms with van der Waals surface area (Å²) in [6, 6.07) is 22.0. The number of anilines is 1. The topological polar surface area (TPSA) is 75.6 Å². The number of rotatable bonds is 6. The van der Waals surface area contributed by atoms with Gasteiger partial charge < -0.3 is 19.3 Å². The average molecular weight is 420 g/mol. The lowest BCUT2D eigenvalue weighted by molar-refractivity contribution is -0.111. The Hall–Kier alpha value is -3.54. The SMILES string of the molecule is O=C(/C=C/c1ccc(-c2ccccc2)o1)Nc1cc(-c2ccc(CO)o2)ccc1Cl. The Balaban J connectivity index is 1.46. The molecule has 6 heteroatoms. The molecule has 0 bridgehead atoms. The van der Waals surface area contributed by atoms with E-state index >= 15 is 0 Å². The van der Waals surface area contributed by atoms with Crippen molar-refractivity contribution in [3.8, 4) is 22.6 Å². The van der Waals surface area contributed by atoms with Crippen LogP contribution in [0.5, 0.6) is 0 Å². The standard InChI is InChI=1S/C24H18ClNO4/c25-20-10-6-17(23-12-8-19(15-27)30-23)14-21(20)26-24(28)13-9-18-7-11-22(29-18)16-4-2-1-3-5-16/h1-14,27H,15H2,(H,26,28)/b13-9+. The first-order valence-corrected chi connectivity index (χ1v) is 9.64. The van der Waals surface area contributed by atoms with Crippen LogP contribution >= 0.6 is 11.6 Å². The summed E-state index contributed by atoms with van der Waals surface area (Å²) in [7, 11) is 0. The Kier molecular flexibility index (Phi) is 5.84. The van der Waals surface area contributed by atoms with Crippen molar-refractivity contribution >= 4 is 29.3 Å². The van der Waals surface area contributed by atoms with Gasteiger partial charge in [-0.2, -0.15) is 0 Å². The minimum absolute atomic E-state index is 0.180. The Morgan fingerprint density at radius 3 is 2.47 bits per heavy atom. The maximum Gasteiger partial charge on any atom is 0.248 e. The second-order valence-corrected chi connectivity index (χ2v) is 6.92. The van der Waals surface area contributed by atoms with Crippen molar-refractivity contribution in [2.45, 2.75) is 6.61 Å². The van der Waals surface area contributed by atoms with Crippen LogP contribution in [0.2, 0.25) is 5.02 Å². The summed E-state index contributed by atoms with van der Waals surface area (Å²) in [5, 5.41) is 12.3. The zero-order chi connectivity index (χ0) is 20.9. The Morgan fingerprint density at radius 1 is 0.933 bits per heavy atom. The highest BCUT2D eigenvalue weighted by Gasteiger charge is 2.10. The minimum atomic E-state index is -0.345. The summed E-state index contributed by atoms with van der Waals surface area (Å²) in [6.07, 6.45) is 2.98. The molecule has 2 heterocycles. The summed E-state index contributed by atoms with van der Waals surface area (Å²) in [5.74, 6) is 1.98. The van der Waals surface area contributed by atoms with E-state index in [4.69, 9.17) is 25.5 Å². The second-order valence-electron chi connectivity index (χ2n) is 6.51. The zero-order valence-electron chi connectivity index (χ0n) is 15.8. The van der Waals surface area contributed by atoms with Crippen LogP contribution in [-0.4, -0.2) is 11.0 Å². The number of halogens is 1. The normalized spacial score (nSPS) is 11.1. The van der Waals surface area contributed by atoms with Crippen LogP contribution in [0, 0.1) is 0 Å². The molecule has 30 heavy (non-hydrogen) atoms. The fourth-order valence-electron chi connectivity index (χ4n) is 2.92. The number of hydrogen-bond donors (Lipinski definition) is 2. The van der Waals surface area contributed by atoms with E-state index in [-0.39, 0.29) is 12.5 Å². The number of nitrogens with one attached hydrogen (secondary N) is 1. The van der Waals surface area contributed by atoms with Gasteiger partial charge in [0.2, 0.25) is 5.91 Å². The van der Waals surface area contributed by atoms with Crippen LogP contribution in [0.3, 0.4) is 0 Å². The van der Waals surface area contributed by atoms with Crippen LogP contribution in [0.25, 0.3) is 28.7 Å². The maximum absolute atomic E-state index is 12.4. The lowest BCUT2D eigenvalue weighted by Crippen LogP contribution is -2.08. The van der Waals surface area contributed by atoms with Gasteiger partial charge in [-0.05, 0) is 48.5 Å². The monoisotopic (exact) mass is 419 g/mol. The predicted octanol–water partition coefficient (Wildman–Crippen LogP) is 6.00. The maximum atomic E-state index is 12.4. The molecule has 4 rings (SSSR count). The number of carbonyl (C=O) groups excluding carboxylic acids is 1. The summed E-state index contributed by atoms with van der Waals surface area (Å²) in [5.41, 5.74) is 2.15. The van der Waals surface area contributed by atoms with Crippen molar-refractivity contribution in [2.75, 3.05) is 5.32 Å². The molecule has 2 N–H and O–H groups in total. The first kappa shape index (κ1) is 19.8.